The van der Waals surface area contributed by atoms with E-state index in [9.17, 15) is 9.59 Å². The lowest BCUT2D eigenvalue weighted by atomic mass is 10.0. The van der Waals surface area contributed by atoms with Crippen molar-refractivity contribution in [1.29, 1.82) is 0 Å². The van der Waals surface area contributed by atoms with Crippen molar-refractivity contribution in [2.45, 2.75) is 33.6 Å². The number of benzene rings is 2. The molecule has 0 radical (unpaired) electrons. The zero-order valence-corrected chi connectivity index (χ0v) is 16.7. The summed E-state index contributed by atoms with van der Waals surface area (Å²) in [5.74, 6) is -0.164. The zero-order valence-electron chi connectivity index (χ0n) is 16.0. The largest absolute Gasteiger partial charge is 0.482 e. The molecule has 0 aliphatic carbocycles. The van der Waals surface area contributed by atoms with E-state index >= 15 is 0 Å². The minimum absolute atomic E-state index is 0.262. The molecule has 27 heavy (non-hydrogen) atoms. The Morgan fingerprint density at radius 2 is 1.70 bits per heavy atom. The van der Waals surface area contributed by atoms with E-state index < -0.39 is 18.5 Å². The Kier molecular flexibility index (Phi) is 7.25. The fourth-order valence-corrected chi connectivity index (χ4v) is 2.76. The van der Waals surface area contributed by atoms with E-state index in [2.05, 4.69) is 19.2 Å². The lowest BCUT2D eigenvalue weighted by Gasteiger charge is -2.14. The molecule has 1 N–H and O–H groups in total. The molecule has 0 heterocycles. The van der Waals surface area contributed by atoms with Gasteiger partial charge in [-0.3, -0.25) is 4.79 Å². The van der Waals surface area contributed by atoms with Crippen LogP contribution < -0.4 is 10.1 Å². The third-order valence-corrected chi connectivity index (χ3v) is 4.21. The van der Waals surface area contributed by atoms with Gasteiger partial charge in [0.15, 0.2) is 13.2 Å². The van der Waals surface area contributed by atoms with Crippen LogP contribution in [-0.4, -0.2) is 25.1 Å². The maximum atomic E-state index is 11.9. The van der Waals surface area contributed by atoms with Gasteiger partial charge in [-0.2, -0.15) is 0 Å². The molecule has 0 aliphatic heterocycles. The fourth-order valence-electron chi connectivity index (χ4n) is 2.48. The first-order chi connectivity index (χ1) is 12.8. The number of ether oxygens (including phenoxy) is 2. The van der Waals surface area contributed by atoms with Gasteiger partial charge in [0.25, 0.3) is 5.91 Å². The van der Waals surface area contributed by atoms with Gasteiger partial charge >= 0.3 is 5.97 Å². The number of nitrogens with one attached hydrogen (secondary N) is 1. The van der Waals surface area contributed by atoms with Crippen LogP contribution in [0, 0.1) is 13.8 Å². The van der Waals surface area contributed by atoms with Crippen molar-refractivity contribution in [3.8, 4) is 5.75 Å². The van der Waals surface area contributed by atoms with Crippen LogP contribution in [0.1, 0.15) is 36.5 Å². The molecular weight excluding hydrogens is 366 g/mol. The van der Waals surface area contributed by atoms with Gasteiger partial charge < -0.3 is 14.8 Å². The Morgan fingerprint density at radius 1 is 1.04 bits per heavy atom. The Morgan fingerprint density at radius 3 is 2.37 bits per heavy atom. The third-order valence-electron chi connectivity index (χ3n) is 3.90. The second-order valence-electron chi connectivity index (χ2n) is 6.68. The summed E-state index contributed by atoms with van der Waals surface area (Å²) < 4.78 is 10.6. The first kappa shape index (κ1) is 20.8. The molecule has 2 rings (SSSR count). The molecule has 0 saturated carbocycles. The molecule has 2 aromatic carbocycles. The SMILES string of the molecule is Cc1ccc(NC(=O)COC(=O)COc2cc(C)ccc2C(C)C)c(Cl)c1. The summed E-state index contributed by atoms with van der Waals surface area (Å²) in [6, 6.07) is 11.1. The smallest absolute Gasteiger partial charge is 0.344 e. The number of esters is 1. The average Bonchev–Trinajstić information content (AvgIpc) is 2.60. The molecule has 0 atom stereocenters. The summed E-state index contributed by atoms with van der Waals surface area (Å²) in [6.07, 6.45) is 0. The molecule has 144 valence electrons. The van der Waals surface area contributed by atoms with Crippen molar-refractivity contribution >= 4 is 29.2 Å². The predicted octanol–water partition coefficient (Wildman–Crippen LogP) is 4.64. The number of anilines is 1. The van der Waals surface area contributed by atoms with Gasteiger partial charge in [0.1, 0.15) is 5.75 Å². The number of rotatable bonds is 7. The monoisotopic (exact) mass is 389 g/mol. The van der Waals surface area contributed by atoms with Crippen LogP contribution in [0.2, 0.25) is 5.02 Å². The topological polar surface area (TPSA) is 64.6 Å². The van der Waals surface area contributed by atoms with Crippen LogP contribution >= 0.6 is 11.6 Å². The molecule has 0 spiro atoms. The van der Waals surface area contributed by atoms with Crippen LogP contribution in [0.25, 0.3) is 0 Å². The van der Waals surface area contributed by atoms with E-state index in [-0.39, 0.29) is 12.5 Å². The lowest BCUT2D eigenvalue weighted by molar-refractivity contribution is -0.149. The van der Waals surface area contributed by atoms with Gasteiger partial charge in [0.2, 0.25) is 0 Å². The van der Waals surface area contributed by atoms with E-state index in [1.165, 1.54) is 0 Å². The van der Waals surface area contributed by atoms with E-state index in [0.29, 0.717) is 16.5 Å². The first-order valence-electron chi connectivity index (χ1n) is 8.71. The van der Waals surface area contributed by atoms with E-state index in [1.807, 2.05) is 38.1 Å². The highest BCUT2D eigenvalue weighted by Crippen LogP contribution is 2.27. The highest BCUT2D eigenvalue weighted by atomic mass is 35.5. The van der Waals surface area contributed by atoms with E-state index in [4.69, 9.17) is 21.1 Å². The van der Waals surface area contributed by atoms with Crippen molar-refractivity contribution in [2.75, 3.05) is 18.5 Å². The Labute approximate surface area is 164 Å². The molecule has 6 heteroatoms. The lowest BCUT2D eigenvalue weighted by Crippen LogP contribution is -2.24. The highest BCUT2D eigenvalue weighted by Gasteiger charge is 2.13. The van der Waals surface area contributed by atoms with Gasteiger partial charge in [0.05, 0.1) is 10.7 Å². The maximum Gasteiger partial charge on any atom is 0.344 e. The molecule has 0 unspecified atom stereocenters. The Balaban J connectivity index is 1.84. The standard InChI is InChI=1S/C21H24ClNO4/c1-13(2)16-7-5-15(4)10-19(16)26-12-21(25)27-11-20(24)23-18-8-6-14(3)9-17(18)22/h5-10,13H,11-12H2,1-4H3,(H,23,24). The number of aryl methyl sites for hydroxylation is 2. The summed E-state index contributed by atoms with van der Waals surface area (Å²) in [6.45, 7) is 7.29. The zero-order chi connectivity index (χ0) is 20.0. The summed E-state index contributed by atoms with van der Waals surface area (Å²) in [7, 11) is 0. The van der Waals surface area contributed by atoms with Crippen molar-refractivity contribution < 1.29 is 19.1 Å². The first-order valence-corrected chi connectivity index (χ1v) is 9.09. The summed E-state index contributed by atoms with van der Waals surface area (Å²) in [5.41, 5.74) is 3.51. The number of hydrogen-bond acceptors (Lipinski definition) is 4. The van der Waals surface area contributed by atoms with Gasteiger partial charge in [-0.15, -0.1) is 0 Å². The van der Waals surface area contributed by atoms with Crippen molar-refractivity contribution in [3.63, 3.8) is 0 Å². The van der Waals surface area contributed by atoms with Crippen LogP contribution in [0.15, 0.2) is 36.4 Å². The van der Waals surface area contributed by atoms with Crippen LogP contribution in [0.4, 0.5) is 5.69 Å². The van der Waals surface area contributed by atoms with Gasteiger partial charge in [-0.1, -0.05) is 43.6 Å². The molecule has 0 aliphatic rings. The van der Waals surface area contributed by atoms with E-state index in [1.54, 1.807) is 12.1 Å². The van der Waals surface area contributed by atoms with Gasteiger partial charge in [-0.25, -0.2) is 4.79 Å². The van der Waals surface area contributed by atoms with Gasteiger partial charge in [-0.05, 0) is 54.7 Å². The number of hydrogen-bond donors (Lipinski definition) is 1. The molecule has 5 nitrogen and oxygen atoms in total. The summed E-state index contributed by atoms with van der Waals surface area (Å²) in [5, 5.41) is 3.04. The molecule has 0 saturated heterocycles. The normalized spacial score (nSPS) is 10.6. The highest BCUT2D eigenvalue weighted by molar-refractivity contribution is 6.33. The fraction of sp³-hybridized carbons (Fsp3) is 0.333. The number of carbonyl (C=O) groups excluding carboxylic acids is 2. The van der Waals surface area contributed by atoms with E-state index in [0.717, 1.165) is 16.7 Å². The molecule has 1 amide bonds. The second kappa shape index (κ2) is 9.42. The van der Waals surface area contributed by atoms with Crippen LogP contribution in [0.3, 0.4) is 0 Å². The summed E-state index contributed by atoms with van der Waals surface area (Å²) in [4.78, 5) is 23.8. The average molecular weight is 390 g/mol. The molecular formula is C21H24ClNO4. The predicted molar refractivity (Wildman–Crippen MR) is 107 cm³/mol. The van der Waals surface area contributed by atoms with Gasteiger partial charge in [0, 0.05) is 0 Å². The van der Waals surface area contributed by atoms with Crippen LogP contribution in [0.5, 0.6) is 5.75 Å². The number of amides is 1. The molecule has 2 aromatic rings. The third kappa shape index (κ3) is 6.29. The quantitative estimate of drug-likeness (QED) is 0.700. The Bertz CT molecular complexity index is 833. The summed E-state index contributed by atoms with van der Waals surface area (Å²) >= 11 is 6.06. The molecule has 0 bridgehead atoms. The molecule has 0 aromatic heterocycles. The minimum atomic E-state index is -0.614. The van der Waals surface area contributed by atoms with Crippen molar-refractivity contribution in [3.05, 3.63) is 58.1 Å². The number of halogens is 1. The van der Waals surface area contributed by atoms with Crippen LogP contribution in [-0.2, 0) is 14.3 Å². The number of carbonyl (C=O) groups is 2. The second-order valence-corrected chi connectivity index (χ2v) is 7.08. The minimum Gasteiger partial charge on any atom is -0.482 e. The van der Waals surface area contributed by atoms with Crippen molar-refractivity contribution in [2.24, 2.45) is 0 Å². The molecule has 0 fully saturated rings. The van der Waals surface area contributed by atoms with Crippen molar-refractivity contribution in [1.82, 2.24) is 0 Å². The Hall–Kier alpha value is -2.53. The maximum absolute atomic E-state index is 11.9.